The van der Waals surface area contributed by atoms with Gasteiger partial charge in [-0.1, -0.05) is 37.5 Å². The van der Waals surface area contributed by atoms with Crippen LogP contribution in [0.25, 0.3) is 22.2 Å². The molecule has 6 rings (SSSR count). The number of hydrogen-bond donors (Lipinski definition) is 2. The van der Waals surface area contributed by atoms with Gasteiger partial charge in [0.25, 0.3) is 5.91 Å². The Labute approximate surface area is 258 Å². The molecule has 3 heterocycles. The van der Waals surface area contributed by atoms with Crippen LogP contribution in [0.3, 0.4) is 0 Å². The standard InChI is InChI=1S/C32H41N5O6S/c1-34-14-16-35(2)44(41,42)33-32(40)23-12-13-25-27(18-23)37-19-24(36(17-15-34)20-29(38)39)21-43-28-11-7-6-10-26(28)31(37)30(25)22-8-4-3-5-9-22/h6-7,10-13,18,22,24H,3-5,8-9,14-17,19-21H2,1-2H3,(H,33,40)(H,38,39)/t24-/m1/s1. The van der Waals surface area contributed by atoms with Crippen molar-refractivity contribution in [3.63, 3.8) is 0 Å². The molecule has 3 aromatic rings. The Morgan fingerprint density at radius 3 is 2.55 bits per heavy atom. The van der Waals surface area contributed by atoms with Gasteiger partial charge >= 0.3 is 16.2 Å². The van der Waals surface area contributed by atoms with E-state index >= 15 is 0 Å². The molecule has 0 radical (unpaired) electrons. The zero-order valence-corrected chi connectivity index (χ0v) is 26.2. The molecule has 4 bridgehead atoms. The van der Waals surface area contributed by atoms with Gasteiger partial charge in [-0.25, -0.2) is 4.72 Å². The maximum absolute atomic E-state index is 13.4. The molecular weight excluding hydrogens is 582 g/mol. The monoisotopic (exact) mass is 623 g/mol. The van der Waals surface area contributed by atoms with E-state index < -0.39 is 22.1 Å². The van der Waals surface area contributed by atoms with Crippen LogP contribution >= 0.6 is 0 Å². The van der Waals surface area contributed by atoms with Crippen LogP contribution in [0.1, 0.15) is 53.9 Å². The Balaban J connectivity index is 1.59. The van der Waals surface area contributed by atoms with Crippen LogP contribution in [-0.2, 0) is 21.5 Å². The summed E-state index contributed by atoms with van der Waals surface area (Å²) in [7, 11) is -0.755. The largest absolute Gasteiger partial charge is 0.491 e. The lowest BCUT2D eigenvalue weighted by Crippen LogP contribution is -2.49. The number of fused-ring (bicyclic) bond motifs is 4. The molecule has 2 aromatic carbocycles. The van der Waals surface area contributed by atoms with Gasteiger partial charge in [-0.05, 0) is 55.6 Å². The first-order valence-electron chi connectivity index (χ1n) is 15.4. The van der Waals surface area contributed by atoms with E-state index in [9.17, 15) is 23.1 Å². The smallest absolute Gasteiger partial charge is 0.317 e. The van der Waals surface area contributed by atoms with Crippen molar-refractivity contribution in [1.82, 2.24) is 23.4 Å². The van der Waals surface area contributed by atoms with Gasteiger partial charge in [-0.15, -0.1) is 0 Å². The Morgan fingerprint density at radius 2 is 1.77 bits per heavy atom. The van der Waals surface area contributed by atoms with E-state index in [0.29, 0.717) is 38.7 Å². The molecule has 0 saturated heterocycles. The van der Waals surface area contributed by atoms with E-state index in [-0.39, 0.29) is 24.7 Å². The number of aromatic nitrogens is 1. The van der Waals surface area contributed by atoms with E-state index in [0.717, 1.165) is 57.9 Å². The average Bonchev–Trinajstić information content (AvgIpc) is 3.31. The van der Waals surface area contributed by atoms with Gasteiger partial charge < -0.3 is 19.3 Å². The maximum atomic E-state index is 13.4. The van der Waals surface area contributed by atoms with Crippen molar-refractivity contribution in [3.05, 3.63) is 53.6 Å². The van der Waals surface area contributed by atoms with Crippen LogP contribution < -0.4 is 9.46 Å². The lowest BCUT2D eigenvalue weighted by molar-refractivity contribution is -0.139. The second-order valence-electron chi connectivity index (χ2n) is 12.3. The quantitative estimate of drug-likeness (QED) is 0.455. The summed E-state index contributed by atoms with van der Waals surface area (Å²) >= 11 is 0. The molecule has 44 heavy (non-hydrogen) atoms. The zero-order chi connectivity index (χ0) is 31.0. The second kappa shape index (κ2) is 12.5. The van der Waals surface area contributed by atoms with Crippen molar-refractivity contribution >= 4 is 33.0 Å². The molecule has 236 valence electrons. The molecule has 2 aliphatic heterocycles. The lowest BCUT2D eigenvalue weighted by Gasteiger charge is -2.35. The highest BCUT2D eigenvalue weighted by atomic mass is 32.2. The number of carbonyl (C=O) groups is 2. The lowest BCUT2D eigenvalue weighted by atomic mass is 9.81. The number of rotatable bonds is 3. The Bertz CT molecular complexity index is 1660. The summed E-state index contributed by atoms with van der Waals surface area (Å²) in [5, 5.41) is 11.0. The molecule has 1 fully saturated rings. The van der Waals surface area contributed by atoms with E-state index in [1.54, 1.807) is 12.1 Å². The van der Waals surface area contributed by atoms with Crippen molar-refractivity contribution in [3.8, 4) is 17.0 Å². The van der Waals surface area contributed by atoms with Gasteiger partial charge in [-0.3, -0.25) is 14.5 Å². The van der Waals surface area contributed by atoms with Crippen molar-refractivity contribution in [2.45, 2.75) is 50.6 Å². The predicted molar refractivity (Wildman–Crippen MR) is 168 cm³/mol. The fourth-order valence-electron chi connectivity index (χ4n) is 6.92. The molecule has 0 unspecified atom stereocenters. The van der Waals surface area contributed by atoms with E-state index in [1.807, 2.05) is 41.1 Å². The number of likely N-dealkylation sites (N-methyl/N-ethyl adjacent to an activating group) is 2. The summed E-state index contributed by atoms with van der Waals surface area (Å²) in [6.45, 7) is 2.15. The number of nitrogens with one attached hydrogen (secondary N) is 1. The van der Waals surface area contributed by atoms with E-state index in [1.165, 1.54) is 19.0 Å². The molecule has 12 heteroatoms. The van der Waals surface area contributed by atoms with Crippen LogP contribution in [0.5, 0.6) is 5.75 Å². The molecule has 1 saturated carbocycles. The highest BCUT2D eigenvalue weighted by Crippen LogP contribution is 2.47. The first-order chi connectivity index (χ1) is 21.1. The number of carboxylic acid groups (broad SMARTS) is 1. The number of para-hydroxylation sites is 1. The highest BCUT2D eigenvalue weighted by Gasteiger charge is 2.33. The summed E-state index contributed by atoms with van der Waals surface area (Å²) in [6.07, 6.45) is 5.61. The number of carbonyl (C=O) groups excluding carboxylic acids is 1. The van der Waals surface area contributed by atoms with Gasteiger partial charge in [-0.2, -0.15) is 12.7 Å². The van der Waals surface area contributed by atoms with Gasteiger partial charge in [0, 0.05) is 61.8 Å². The number of carboxylic acids is 1. The van der Waals surface area contributed by atoms with Crippen molar-refractivity contribution < 1.29 is 27.9 Å². The molecular formula is C32H41N5O6S. The van der Waals surface area contributed by atoms with Gasteiger partial charge in [0.1, 0.15) is 12.4 Å². The number of nitrogens with zero attached hydrogens (tertiary/aromatic N) is 4. The van der Waals surface area contributed by atoms with Crippen LogP contribution in [-0.4, -0.2) is 104 Å². The minimum Gasteiger partial charge on any atom is -0.491 e. The molecule has 1 aromatic heterocycles. The molecule has 1 amide bonds. The van der Waals surface area contributed by atoms with Crippen LogP contribution in [0, 0.1) is 0 Å². The number of hydrogen-bond acceptors (Lipinski definition) is 7. The van der Waals surface area contributed by atoms with Crippen LogP contribution in [0.4, 0.5) is 0 Å². The molecule has 2 N–H and O–H groups in total. The molecule has 1 aliphatic carbocycles. The number of amides is 1. The molecule has 1 atom stereocenters. The summed E-state index contributed by atoms with van der Waals surface area (Å²) in [5.41, 5.74) is 4.31. The third-order valence-electron chi connectivity index (χ3n) is 9.40. The van der Waals surface area contributed by atoms with Crippen molar-refractivity contribution in [2.24, 2.45) is 0 Å². The van der Waals surface area contributed by atoms with Crippen molar-refractivity contribution in [1.29, 1.82) is 0 Å². The fourth-order valence-corrected chi connectivity index (χ4v) is 7.75. The summed E-state index contributed by atoms with van der Waals surface area (Å²) in [6, 6.07) is 13.2. The maximum Gasteiger partial charge on any atom is 0.317 e. The number of aliphatic carboxylic acids is 1. The molecule has 11 nitrogen and oxygen atoms in total. The van der Waals surface area contributed by atoms with Crippen molar-refractivity contribution in [2.75, 3.05) is 53.4 Å². The first-order valence-corrected chi connectivity index (χ1v) is 16.9. The Hall–Kier alpha value is -3.45. The third-order valence-corrected chi connectivity index (χ3v) is 10.8. The Morgan fingerprint density at radius 1 is 1.02 bits per heavy atom. The summed E-state index contributed by atoms with van der Waals surface area (Å²) in [5.74, 6) is -0.547. The van der Waals surface area contributed by atoms with Crippen LogP contribution in [0.2, 0.25) is 0 Å². The summed E-state index contributed by atoms with van der Waals surface area (Å²) < 4.78 is 38.3. The zero-order valence-electron chi connectivity index (χ0n) is 25.4. The van der Waals surface area contributed by atoms with Gasteiger partial charge in [0.05, 0.1) is 18.3 Å². The highest BCUT2D eigenvalue weighted by molar-refractivity contribution is 7.87. The van der Waals surface area contributed by atoms with E-state index in [2.05, 4.69) is 15.4 Å². The first kappa shape index (κ1) is 30.6. The third kappa shape index (κ3) is 6.08. The molecule has 0 spiro atoms. The second-order valence-corrected chi connectivity index (χ2v) is 14.1. The van der Waals surface area contributed by atoms with E-state index in [4.69, 9.17) is 4.74 Å². The molecule has 3 aliphatic rings. The topological polar surface area (TPSA) is 124 Å². The average molecular weight is 624 g/mol. The van der Waals surface area contributed by atoms with Gasteiger partial charge in [0.15, 0.2) is 0 Å². The van der Waals surface area contributed by atoms with Gasteiger partial charge in [0.2, 0.25) is 0 Å². The normalized spacial score (nSPS) is 22.7. The SMILES string of the molecule is CN1CCN(CC(=O)O)[C@H]2COc3ccccc3-c3c(C4CCCCC4)c4ccc(cc4n3C2)C(=O)NS(=O)(=O)N(C)CC1. The minimum atomic E-state index is -4.07. The summed E-state index contributed by atoms with van der Waals surface area (Å²) in [4.78, 5) is 29.4. The predicted octanol–water partition coefficient (Wildman–Crippen LogP) is 3.36. The number of benzene rings is 2. The Kier molecular flexibility index (Phi) is 8.69. The minimum absolute atomic E-state index is 0.157. The number of ether oxygens (including phenoxy) is 1. The van der Waals surface area contributed by atoms with Crippen LogP contribution in [0.15, 0.2) is 42.5 Å². The fraction of sp³-hybridized carbons (Fsp3) is 0.500.